The van der Waals surface area contributed by atoms with Gasteiger partial charge in [-0.15, -0.1) is 0 Å². The van der Waals surface area contributed by atoms with Gasteiger partial charge in [0.05, 0.1) is 23.3 Å². The van der Waals surface area contributed by atoms with E-state index in [4.69, 9.17) is 0 Å². The second-order valence-corrected chi connectivity index (χ2v) is 6.70. The van der Waals surface area contributed by atoms with Crippen molar-refractivity contribution in [3.63, 3.8) is 0 Å². The van der Waals surface area contributed by atoms with Gasteiger partial charge in [0, 0.05) is 6.20 Å². The van der Waals surface area contributed by atoms with E-state index in [2.05, 4.69) is 20.0 Å². The number of hydrogen-bond acceptors (Lipinski definition) is 7. The zero-order valence-electron chi connectivity index (χ0n) is 15.3. The number of benzene rings is 1. The fourth-order valence-corrected chi connectivity index (χ4v) is 3.35. The van der Waals surface area contributed by atoms with Gasteiger partial charge in [0.2, 0.25) is 5.91 Å². The minimum atomic E-state index is -0.808. The molecule has 0 saturated heterocycles. The molecule has 2 amide bonds. The van der Waals surface area contributed by atoms with Gasteiger partial charge in [-0.3, -0.25) is 14.9 Å². The molecule has 3 aromatic rings. The number of para-hydroxylation sites is 1. The molecule has 0 atom stereocenters. The Balaban J connectivity index is 2.00. The molecule has 0 unspecified atom stereocenters. The molecule has 1 aromatic carbocycles. The standard InChI is InChI=1S/C19H18N4O4S/c1-3-27-19(26)22-15(24)11-28-18-21-14-9-5-4-8-13(14)17(25)23(18)16-12(2)7-6-10-20-16/h4-10H,3,11H2,1-2H3,(H,22,24,26). The molecule has 3 rings (SSSR count). The second kappa shape index (κ2) is 8.66. The van der Waals surface area contributed by atoms with Crippen LogP contribution in [-0.2, 0) is 9.53 Å². The third kappa shape index (κ3) is 4.20. The molecule has 28 heavy (non-hydrogen) atoms. The van der Waals surface area contributed by atoms with E-state index >= 15 is 0 Å². The predicted molar refractivity (Wildman–Crippen MR) is 106 cm³/mol. The van der Waals surface area contributed by atoms with Crippen LogP contribution in [-0.4, -0.2) is 38.9 Å². The normalized spacial score (nSPS) is 10.6. The molecule has 0 bridgehead atoms. The zero-order valence-corrected chi connectivity index (χ0v) is 16.2. The van der Waals surface area contributed by atoms with Gasteiger partial charge < -0.3 is 4.74 Å². The van der Waals surface area contributed by atoms with Crippen molar-refractivity contribution in [3.8, 4) is 5.82 Å². The quantitative estimate of drug-likeness (QED) is 0.520. The summed E-state index contributed by atoms with van der Waals surface area (Å²) in [5.74, 6) is -0.218. The van der Waals surface area contributed by atoms with Gasteiger partial charge in [-0.25, -0.2) is 19.3 Å². The third-order valence-corrected chi connectivity index (χ3v) is 4.73. The zero-order chi connectivity index (χ0) is 20.1. The Hall–Kier alpha value is -3.20. The van der Waals surface area contributed by atoms with E-state index < -0.39 is 12.0 Å². The maximum atomic E-state index is 13.1. The van der Waals surface area contributed by atoms with E-state index in [1.165, 1.54) is 4.57 Å². The van der Waals surface area contributed by atoms with E-state index in [9.17, 15) is 14.4 Å². The number of fused-ring (bicyclic) bond motifs is 1. The van der Waals surface area contributed by atoms with E-state index in [1.54, 1.807) is 43.5 Å². The van der Waals surface area contributed by atoms with Crippen molar-refractivity contribution in [3.05, 3.63) is 58.5 Å². The average molecular weight is 398 g/mol. The molecule has 0 spiro atoms. The Morgan fingerprint density at radius 3 is 2.75 bits per heavy atom. The lowest BCUT2D eigenvalue weighted by molar-refractivity contribution is -0.117. The molecular formula is C19H18N4O4S. The Kier molecular flexibility index (Phi) is 6.05. The number of rotatable bonds is 5. The van der Waals surface area contributed by atoms with Crippen LogP contribution in [0, 0.1) is 6.92 Å². The van der Waals surface area contributed by atoms with Crippen LogP contribution >= 0.6 is 11.8 Å². The van der Waals surface area contributed by atoms with Crippen LogP contribution in [0.3, 0.4) is 0 Å². The SMILES string of the molecule is CCOC(=O)NC(=O)CSc1nc2ccccc2c(=O)n1-c1ncccc1C. The summed E-state index contributed by atoms with van der Waals surface area (Å²) in [5, 5.41) is 2.88. The summed E-state index contributed by atoms with van der Waals surface area (Å²) in [7, 11) is 0. The number of alkyl carbamates (subject to hydrolysis) is 1. The summed E-state index contributed by atoms with van der Waals surface area (Å²) in [6, 6.07) is 10.6. The van der Waals surface area contributed by atoms with Crippen LogP contribution in [0.5, 0.6) is 0 Å². The summed E-state index contributed by atoms with van der Waals surface area (Å²) in [4.78, 5) is 45.3. The van der Waals surface area contributed by atoms with Crippen LogP contribution < -0.4 is 10.9 Å². The topological polar surface area (TPSA) is 103 Å². The van der Waals surface area contributed by atoms with Crippen molar-refractivity contribution < 1.29 is 14.3 Å². The smallest absolute Gasteiger partial charge is 0.413 e. The van der Waals surface area contributed by atoms with Crippen LogP contribution in [0.4, 0.5) is 4.79 Å². The first kappa shape index (κ1) is 19.6. The molecule has 0 saturated carbocycles. The maximum absolute atomic E-state index is 13.1. The third-order valence-electron chi connectivity index (χ3n) is 3.79. The number of carbonyl (C=O) groups excluding carboxylic acids is 2. The number of aryl methyl sites for hydroxylation is 1. The molecule has 0 aliphatic carbocycles. The van der Waals surface area contributed by atoms with Gasteiger partial charge in [-0.2, -0.15) is 0 Å². The monoisotopic (exact) mass is 398 g/mol. The van der Waals surface area contributed by atoms with Gasteiger partial charge in [-0.05, 0) is 37.6 Å². The minimum absolute atomic E-state index is 0.116. The van der Waals surface area contributed by atoms with E-state index in [0.29, 0.717) is 21.9 Å². The summed E-state index contributed by atoms with van der Waals surface area (Å²) < 4.78 is 6.08. The summed E-state index contributed by atoms with van der Waals surface area (Å²) in [6.45, 7) is 3.65. The Morgan fingerprint density at radius 2 is 2.00 bits per heavy atom. The van der Waals surface area contributed by atoms with Crippen LogP contribution in [0.15, 0.2) is 52.5 Å². The molecule has 8 nitrogen and oxygen atoms in total. The number of imide groups is 1. The van der Waals surface area contributed by atoms with Crippen molar-refractivity contribution in [2.45, 2.75) is 19.0 Å². The summed E-state index contributed by atoms with van der Waals surface area (Å²) in [6.07, 6.45) is 0.781. The highest BCUT2D eigenvalue weighted by atomic mass is 32.2. The Labute approximate surface area is 164 Å². The van der Waals surface area contributed by atoms with Gasteiger partial charge in [0.15, 0.2) is 5.16 Å². The highest BCUT2D eigenvalue weighted by Crippen LogP contribution is 2.21. The first-order chi connectivity index (χ1) is 13.5. The molecule has 1 N–H and O–H groups in total. The van der Waals surface area contributed by atoms with Crippen molar-refractivity contribution in [2.24, 2.45) is 0 Å². The molecule has 0 aliphatic heterocycles. The molecule has 0 aliphatic rings. The van der Waals surface area contributed by atoms with Gasteiger partial charge in [-0.1, -0.05) is 30.0 Å². The number of pyridine rings is 1. The molecule has 144 valence electrons. The Bertz CT molecular complexity index is 1100. The first-order valence-corrected chi connectivity index (χ1v) is 9.53. The number of hydrogen-bond donors (Lipinski definition) is 1. The lowest BCUT2D eigenvalue weighted by atomic mass is 10.2. The van der Waals surface area contributed by atoms with Crippen molar-refractivity contribution in [1.29, 1.82) is 0 Å². The molecule has 2 heterocycles. The number of carbonyl (C=O) groups is 2. The second-order valence-electron chi connectivity index (χ2n) is 5.75. The molecule has 2 aromatic heterocycles. The van der Waals surface area contributed by atoms with Crippen LogP contribution in [0.2, 0.25) is 0 Å². The van der Waals surface area contributed by atoms with Crippen molar-refractivity contribution in [2.75, 3.05) is 12.4 Å². The van der Waals surface area contributed by atoms with E-state index in [-0.39, 0.29) is 17.9 Å². The first-order valence-electron chi connectivity index (χ1n) is 8.54. The number of ether oxygens (including phenoxy) is 1. The van der Waals surface area contributed by atoms with E-state index in [1.807, 2.05) is 13.0 Å². The highest BCUT2D eigenvalue weighted by Gasteiger charge is 2.17. The predicted octanol–water partition coefficient (Wildman–Crippen LogP) is 2.45. The van der Waals surface area contributed by atoms with E-state index in [0.717, 1.165) is 17.3 Å². The number of nitrogens with zero attached hydrogens (tertiary/aromatic N) is 3. The van der Waals surface area contributed by atoms with Crippen LogP contribution in [0.25, 0.3) is 16.7 Å². The van der Waals surface area contributed by atoms with Gasteiger partial charge in [0.1, 0.15) is 5.82 Å². The highest BCUT2D eigenvalue weighted by molar-refractivity contribution is 7.99. The number of thioether (sulfide) groups is 1. The van der Waals surface area contributed by atoms with Crippen molar-refractivity contribution in [1.82, 2.24) is 19.9 Å². The van der Waals surface area contributed by atoms with Crippen LogP contribution in [0.1, 0.15) is 12.5 Å². The van der Waals surface area contributed by atoms with Gasteiger partial charge >= 0.3 is 6.09 Å². The number of aromatic nitrogens is 3. The fraction of sp³-hybridized carbons (Fsp3) is 0.211. The largest absolute Gasteiger partial charge is 0.450 e. The van der Waals surface area contributed by atoms with Crippen molar-refractivity contribution >= 4 is 34.7 Å². The number of amides is 2. The average Bonchev–Trinajstić information content (AvgIpc) is 2.67. The maximum Gasteiger partial charge on any atom is 0.413 e. The summed E-state index contributed by atoms with van der Waals surface area (Å²) >= 11 is 1.04. The lowest BCUT2D eigenvalue weighted by Crippen LogP contribution is -2.32. The minimum Gasteiger partial charge on any atom is -0.450 e. The fourth-order valence-electron chi connectivity index (χ4n) is 2.55. The van der Waals surface area contributed by atoms with Gasteiger partial charge in [0.25, 0.3) is 5.56 Å². The Morgan fingerprint density at radius 1 is 1.21 bits per heavy atom. The lowest BCUT2D eigenvalue weighted by Gasteiger charge is -2.13. The molecule has 9 heteroatoms. The molecule has 0 fully saturated rings. The number of nitrogens with one attached hydrogen (secondary N) is 1. The molecular weight excluding hydrogens is 380 g/mol. The summed E-state index contributed by atoms with van der Waals surface area (Å²) in [5.41, 5.74) is 1.03. The molecule has 0 radical (unpaired) electrons.